The van der Waals surface area contributed by atoms with E-state index >= 15 is 0 Å². The molecule has 9 nitrogen and oxygen atoms in total. The van der Waals surface area contributed by atoms with Crippen LogP contribution in [0.4, 0.5) is 11.6 Å². The molecule has 28 heavy (non-hydrogen) atoms. The molecule has 1 aromatic heterocycles. The summed E-state index contributed by atoms with van der Waals surface area (Å²) in [6.07, 6.45) is 0. The Balaban J connectivity index is 1.69. The number of ether oxygens (including phenoxy) is 2. The number of aromatic nitrogens is 2. The molecule has 0 saturated carbocycles. The highest BCUT2D eigenvalue weighted by Crippen LogP contribution is 2.29. The van der Waals surface area contributed by atoms with Gasteiger partial charge < -0.3 is 9.47 Å². The summed E-state index contributed by atoms with van der Waals surface area (Å²) in [6, 6.07) is 11.4. The summed E-state index contributed by atoms with van der Waals surface area (Å²) in [4.78, 5) is 14.7. The average molecular weight is 420 g/mol. The number of nitro groups is 1. The molecule has 0 aliphatic rings. The Labute approximate surface area is 167 Å². The molecule has 0 bridgehead atoms. The second kappa shape index (κ2) is 8.76. The highest BCUT2D eigenvalue weighted by Gasteiger charge is 2.13. The quantitative estimate of drug-likeness (QED) is 0.438. The van der Waals surface area contributed by atoms with Gasteiger partial charge in [0.25, 0.3) is 5.69 Å². The number of nitro benzene ring substituents is 1. The lowest BCUT2D eigenvalue weighted by Crippen LogP contribution is -2.08. The van der Waals surface area contributed by atoms with Gasteiger partial charge in [-0.05, 0) is 29.2 Å². The maximum Gasteiger partial charge on any atom is 0.270 e. The predicted octanol–water partition coefficient (Wildman–Crippen LogP) is 3.41. The third-order valence-corrected chi connectivity index (χ3v) is 5.45. The molecular weight excluding hydrogens is 404 g/mol. The summed E-state index contributed by atoms with van der Waals surface area (Å²) < 4.78 is 29.7. The van der Waals surface area contributed by atoms with Gasteiger partial charge in [-0.1, -0.05) is 18.2 Å². The SMILES string of the molecule is COc1ccc(CS(=O)Nc2nsc(-c3cccc([N+](=O)[O-])c3)n2)cc1OC. The van der Waals surface area contributed by atoms with Crippen LogP contribution in [-0.2, 0) is 16.7 Å². The van der Waals surface area contributed by atoms with E-state index in [2.05, 4.69) is 14.1 Å². The van der Waals surface area contributed by atoms with Crippen molar-refractivity contribution in [1.29, 1.82) is 0 Å². The Morgan fingerprint density at radius 1 is 1.18 bits per heavy atom. The van der Waals surface area contributed by atoms with Gasteiger partial charge in [0.1, 0.15) is 16.0 Å². The summed E-state index contributed by atoms with van der Waals surface area (Å²) in [5, 5.41) is 11.4. The fraction of sp³-hybridized carbons (Fsp3) is 0.176. The van der Waals surface area contributed by atoms with Crippen molar-refractivity contribution in [2.75, 3.05) is 18.9 Å². The zero-order valence-electron chi connectivity index (χ0n) is 14.9. The Hall–Kier alpha value is -3.05. The predicted molar refractivity (Wildman–Crippen MR) is 107 cm³/mol. The van der Waals surface area contributed by atoms with Crippen molar-refractivity contribution >= 4 is 34.2 Å². The highest BCUT2D eigenvalue weighted by molar-refractivity contribution is 7.85. The maximum absolute atomic E-state index is 12.4. The molecule has 1 unspecified atom stereocenters. The Bertz CT molecular complexity index is 1020. The summed E-state index contributed by atoms with van der Waals surface area (Å²) in [6.45, 7) is 0. The van der Waals surface area contributed by atoms with Crippen LogP contribution in [-0.4, -0.2) is 32.7 Å². The van der Waals surface area contributed by atoms with Gasteiger partial charge in [-0.25, -0.2) is 4.21 Å². The molecule has 0 aliphatic heterocycles. The van der Waals surface area contributed by atoms with Gasteiger partial charge in [-0.3, -0.25) is 14.8 Å². The minimum Gasteiger partial charge on any atom is -0.493 e. The number of hydrogen-bond donors (Lipinski definition) is 1. The van der Waals surface area contributed by atoms with Crippen molar-refractivity contribution in [3.8, 4) is 22.1 Å². The monoisotopic (exact) mass is 420 g/mol. The van der Waals surface area contributed by atoms with Crippen molar-refractivity contribution in [3.05, 3.63) is 58.1 Å². The second-order valence-corrected chi connectivity index (χ2v) is 7.45. The van der Waals surface area contributed by atoms with E-state index in [1.165, 1.54) is 19.2 Å². The molecule has 1 atom stereocenters. The van der Waals surface area contributed by atoms with Gasteiger partial charge in [0.05, 0.1) is 24.9 Å². The number of nitrogens with zero attached hydrogens (tertiary/aromatic N) is 3. The minimum atomic E-state index is -1.47. The van der Waals surface area contributed by atoms with Crippen LogP contribution in [0.3, 0.4) is 0 Å². The minimum absolute atomic E-state index is 0.0285. The number of benzene rings is 2. The normalized spacial score (nSPS) is 11.6. The lowest BCUT2D eigenvalue weighted by molar-refractivity contribution is -0.384. The van der Waals surface area contributed by atoms with Crippen LogP contribution in [0.15, 0.2) is 42.5 Å². The fourth-order valence-electron chi connectivity index (χ4n) is 2.39. The van der Waals surface area contributed by atoms with Gasteiger partial charge in [0, 0.05) is 17.7 Å². The molecule has 146 valence electrons. The number of anilines is 1. The molecule has 3 rings (SSSR count). The van der Waals surface area contributed by atoms with E-state index in [0.717, 1.165) is 17.1 Å². The highest BCUT2D eigenvalue weighted by atomic mass is 32.2. The van der Waals surface area contributed by atoms with Crippen molar-refractivity contribution in [2.45, 2.75) is 5.75 Å². The van der Waals surface area contributed by atoms with E-state index in [1.807, 2.05) is 0 Å². The molecule has 0 spiro atoms. The van der Waals surface area contributed by atoms with Crippen LogP contribution in [0.25, 0.3) is 10.6 Å². The van der Waals surface area contributed by atoms with E-state index in [4.69, 9.17) is 9.47 Å². The van der Waals surface area contributed by atoms with Gasteiger partial charge in [0.2, 0.25) is 5.95 Å². The Morgan fingerprint density at radius 2 is 1.96 bits per heavy atom. The van der Waals surface area contributed by atoms with Crippen molar-refractivity contribution in [3.63, 3.8) is 0 Å². The van der Waals surface area contributed by atoms with E-state index < -0.39 is 15.9 Å². The van der Waals surface area contributed by atoms with Gasteiger partial charge in [-0.2, -0.15) is 9.36 Å². The lowest BCUT2D eigenvalue weighted by Gasteiger charge is -2.09. The van der Waals surface area contributed by atoms with Crippen molar-refractivity contribution < 1.29 is 18.6 Å². The topological polar surface area (TPSA) is 116 Å². The first-order valence-corrected chi connectivity index (χ1v) is 10.0. The van der Waals surface area contributed by atoms with Crippen LogP contribution in [0.1, 0.15) is 5.56 Å². The molecule has 0 radical (unpaired) electrons. The van der Waals surface area contributed by atoms with Crippen molar-refractivity contribution in [2.24, 2.45) is 0 Å². The van der Waals surface area contributed by atoms with Crippen LogP contribution < -0.4 is 14.2 Å². The van der Waals surface area contributed by atoms with Gasteiger partial charge in [0.15, 0.2) is 11.5 Å². The summed E-state index contributed by atoms with van der Waals surface area (Å²) in [5.74, 6) is 1.56. The third kappa shape index (κ3) is 4.61. The molecule has 0 saturated heterocycles. The fourth-order valence-corrected chi connectivity index (χ4v) is 3.92. The first kappa shape index (κ1) is 19.7. The van der Waals surface area contributed by atoms with Gasteiger partial charge >= 0.3 is 0 Å². The zero-order valence-corrected chi connectivity index (χ0v) is 16.6. The smallest absolute Gasteiger partial charge is 0.270 e. The molecule has 2 aromatic carbocycles. The Morgan fingerprint density at radius 3 is 2.68 bits per heavy atom. The largest absolute Gasteiger partial charge is 0.493 e. The molecule has 3 aromatic rings. The molecule has 11 heteroatoms. The summed E-state index contributed by atoms with van der Waals surface area (Å²) >= 11 is 1.07. The first-order valence-electron chi connectivity index (χ1n) is 7.94. The average Bonchev–Trinajstić information content (AvgIpc) is 3.16. The van der Waals surface area contributed by atoms with E-state index in [1.54, 1.807) is 37.4 Å². The van der Waals surface area contributed by atoms with Crippen LogP contribution in [0.5, 0.6) is 11.5 Å². The number of hydrogen-bond acceptors (Lipinski definition) is 8. The number of methoxy groups -OCH3 is 2. The molecule has 1 heterocycles. The molecule has 0 amide bonds. The van der Waals surface area contributed by atoms with Crippen LogP contribution in [0, 0.1) is 10.1 Å². The zero-order chi connectivity index (χ0) is 20.1. The van der Waals surface area contributed by atoms with Crippen LogP contribution >= 0.6 is 11.5 Å². The summed E-state index contributed by atoms with van der Waals surface area (Å²) in [7, 11) is 1.61. The number of nitrogens with one attached hydrogen (secondary N) is 1. The lowest BCUT2D eigenvalue weighted by atomic mass is 10.2. The Kier molecular flexibility index (Phi) is 6.16. The maximum atomic E-state index is 12.4. The first-order chi connectivity index (χ1) is 13.5. The molecular formula is C17H16N4O5S2. The third-order valence-electron chi connectivity index (χ3n) is 3.68. The van der Waals surface area contributed by atoms with E-state index in [0.29, 0.717) is 22.1 Å². The van der Waals surface area contributed by atoms with E-state index in [-0.39, 0.29) is 17.4 Å². The number of rotatable bonds is 8. The van der Waals surface area contributed by atoms with Gasteiger partial charge in [-0.15, -0.1) is 0 Å². The summed E-state index contributed by atoms with van der Waals surface area (Å²) in [5.41, 5.74) is 1.34. The molecule has 0 fully saturated rings. The molecule has 1 N–H and O–H groups in total. The molecule has 0 aliphatic carbocycles. The number of non-ortho nitro benzene ring substituents is 1. The van der Waals surface area contributed by atoms with Crippen LogP contribution in [0.2, 0.25) is 0 Å². The van der Waals surface area contributed by atoms with Crippen molar-refractivity contribution in [1.82, 2.24) is 9.36 Å². The standard InChI is InChI=1S/C17H16N4O5S2/c1-25-14-7-6-11(8-15(14)26-2)10-28(24)20-17-18-16(27-19-17)12-4-3-5-13(9-12)21(22)23/h3-9H,10H2,1-2H3,(H,19,20). The van der Waals surface area contributed by atoms with E-state index in [9.17, 15) is 14.3 Å². The second-order valence-electron chi connectivity index (χ2n) is 5.51.